The van der Waals surface area contributed by atoms with Crippen molar-refractivity contribution >= 4 is 10.9 Å². The Morgan fingerprint density at radius 1 is 1.31 bits per heavy atom. The van der Waals surface area contributed by atoms with E-state index in [9.17, 15) is 0 Å². The number of benzene rings is 1. The maximum Gasteiger partial charge on any atom is 0.0986 e. The Bertz CT molecular complexity index is 476. The Morgan fingerprint density at radius 3 is 2.81 bits per heavy atom. The molecule has 86 valence electrons. The predicted octanol–water partition coefficient (Wildman–Crippen LogP) is 2.21. The maximum absolute atomic E-state index is 5.11. The molecule has 3 heteroatoms. The summed E-state index contributed by atoms with van der Waals surface area (Å²) in [6, 6.07) is 8.48. The molecule has 1 heterocycles. The first-order valence-corrected chi connectivity index (χ1v) is 5.43. The minimum absolute atomic E-state index is 0.656. The fourth-order valence-electron chi connectivity index (χ4n) is 2.11. The fraction of sp³-hybridized carbons (Fsp3) is 0.385. The maximum atomic E-state index is 5.11. The lowest BCUT2D eigenvalue weighted by Gasteiger charge is -2.14. The van der Waals surface area contributed by atoms with Gasteiger partial charge < -0.3 is 9.30 Å². The first-order chi connectivity index (χ1) is 7.72. The molecule has 0 atom stereocenters. The smallest absolute Gasteiger partial charge is 0.0986 e. The number of aryl methyl sites for hydroxylation is 1. The quantitative estimate of drug-likeness (QED) is 0.732. The van der Waals surface area contributed by atoms with Crippen molar-refractivity contribution in [1.82, 2.24) is 9.47 Å². The van der Waals surface area contributed by atoms with Gasteiger partial charge in [-0.15, -0.1) is 0 Å². The van der Waals surface area contributed by atoms with Gasteiger partial charge in [-0.05, 0) is 18.7 Å². The van der Waals surface area contributed by atoms with E-state index in [-0.39, 0.29) is 0 Å². The molecule has 0 spiro atoms. The van der Waals surface area contributed by atoms with Crippen LogP contribution in [-0.4, -0.2) is 30.4 Å². The molecule has 3 nitrogen and oxygen atoms in total. The third kappa shape index (κ3) is 2.10. The van der Waals surface area contributed by atoms with Crippen molar-refractivity contribution in [1.29, 1.82) is 0 Å². The number of fused-ring (bicyclic) bond motifs is 1. The summed E-state index contributed by atoms with van der Waals surface area (Å²) >= 11 is 0. The molecule has 0 unspecified atom stereocenters. The molecule has 0 N–H and O–H groups in total. The van der Waals surface area contributed by atoms with Gasteiger partial charge in [0.15, 0.2) is 0 Å². The van der Waals surface area contributed by atoms with Gasteiger partial charge in [-0.1, -0.05) is 18.2 Å². The van der Waals surface area contributed by atoms with E-state index >= 15 is 0 Å². The van der Waals surface area contributed by atoms with E-state index in [0.717, 1.165) is 6.54 Å². The summed E-state index contributed by atoms with van der Waals surface area (Å²) in [6.45, 7) is 1.57. The van der Waals surface area contributed by atoms with Crippen LogP contribution in [0.4, 0.5) is 0 Å². The SMILES string of the molecule is COCN(C)Cc1cn(C)c2ccccc12. The van der Waals surface area contributed by atoms with Crippen LogP contribution in [0.2, 0.25) is 0 Å². The molecule has 0 saturated carbocycles. The number of aromatic nitrogens is 1. The molecule has 0 fully saturated rings. The molecule has 16 heavy (non-hydrogen) atoms. The highest BCUT2D eigenvalue weighted by Gasteiger charge is 2.07. The van der Waals surface area contributed by atoms with Gasteiger partial charge in [0.1, 0.15) is 0 Å². The molecule has 0 amide bonds. The zero-order valence-corrected chi connectivity index (χ0v) is 10.1. The third-order valence-electron chi connectivity index (χ3n) is 2.77. The van der Waals surface area contributed by atoms with Gasteiger partial charge in [-0.25, -0.2) is 0 Å². The first-order valence-electron chi connectivity index (χ1n) is 5.43. The van der Waals surface area contributed by atoms with E-state index in [1.807, 2.05) is 0 Å². The van der Waals surface area contributed by atoms with Crippen LogP contribution in [0.5, 0.6) is 0 Å². The Labute approximate surface area is 96.2 Å². The number of hydrogen-bond acceptors (Lipinski definition) is 2. The van der Waals surface area contributed by atoms with Crippen LogP contribution in [0.3, 0.4) is 0 Å². The second-order valence-electron chi connectivity index (χ2n) is 4.21. The van der Waals surface area contributed by atoms with Gasteiger partial charge in [0, 0.05) is 37.8 Å². The molecule has 0 aliphatic heterocycles. The Hall–Kier alpha value is -1.32. The number of hydrogen-bond donors (Lipinski definition) is 0. The van der Waals surface area contributed by atoms with Crippen LogP contribution < -0.4 is 0 Å². The summed E-state index contributed by atoms with van der Waals surface area (Å²) in [5.74, 6) is 0. The molecule has 2 rings (SSSR count). The van der Waals surface area contributed by atoms with Crippen molar-refractivity contribution in [2.24, 2.45) is 7.05 Å². The summed E-state index contributed by atoms with van der Waals surface area (Å²) in [4.78, 5) is 2.15. The fourth-order valence-corrected chi connectivity index (χ4v) is 2.11. The molecule has 1 aromatic carbocycles. The van der Waals surface area contributed by atoms with Crippen LogP contribution in [0.1, 0.15) is 5.56 Å². The van der Waals surface area contributed by atoms with Crippen LogP contribution in [0.15, 0.2) is 30.5 Å². The lowest BCUT2D eigenvalue weighted by molar-refractivity contribution is 0.0774. The van der Waals surface area contributed by atoms with Crippen molar-refractivity contribution in [2.75, 3.05) is 20.9 Å². The largest absolute Gasteiger partial charge is 0.369 e. The average Bonchev–Trinajstić information content (AvgIpc) is 2.57. The van der Waals surface area contributed by atoms with Crippen molar-refractivity contribution < 1.29 is 4.74 Å². The summed E-state index contributed by atoms with van der Waals surface area (Å²) < 4.78 is 7.29. The van der Waals surface area contributed by atoms with Crippen LogP contribution in [0, 0.1) is 0 Å². The van der Waals surface area contributed by atoms with Gasteiger partial charge in [-0.3, -0.25) is 4.90 Å². The minimum Gasteiger partial charge on any atom is -0.369 e. The van der Waals surface area contributed by atoms with Crippen LogP contribution in [0.25, 0.3) is 10.9 Å². The van der Waals surface area contributed by atoms with Gasteiger partial charge >= 0.3 is 0 Å². The third-order valence-corrected chi connectivity index (χ3v) is 2.77. The number of rotatable bonds is 4. The van der Waals surface area contributed by atoms with Gasteiger partial charge in [0.2, 0.25) is 0 Å². The molecule has 0 aliphatic carbocycles. The van der Waals surface area contributed by atoms with E-state index in [0.29, 0.717) is 6.73 Å². The highest BCUT2D eigenvalue weighted by atomic mass is 16.5. The highest BCUT2D eigenvalue weighted by Crippen LogP contribution is 2.21. The van der Waals surface area contributed by atoms with E-state index in [2.05, 4.69) is 54.0 Å². The van der Waals surface area contributed by atoms with E-state index in [1.54, 1.807) is 7.11 Å². The summed E-state index contributed by atoms with van der Waals surface area (Å²) in [6.07, 6.45) is 2.19. The summed E-state index contributed by atoms with van der Waals surface area (Å²) in [5, 5.41) is 1.33. The Balaban J connectivity index is 2.31. The number of para-hydroxylation sites is 1. The van der Waals surface area contributed by atoms with Gasteiger partial charge in [0.25, 0.3) is 0 Å². The van der Waals surface area contributed by atoms with Crippen molar-refractivity contribution in [3.63, 3.8) is 0 Å². The number of methoxy groups -OCH3 is 1. The molecule has 0 bridgehead atoms. The van der Waals surface area contributed by atoms with E-state index < -0.39 is 0 Å². The Kier molecular flexibility index (Phi) is 3.27. The lowest BCUT2D eigenvalue weighted by atomic mass is 10.2. The second-order valence-corrected chi connectivity index (χ2v) is 4.21. The number of nitrogens with zero attached hydrogens (tertiary/aromatic N) is 2. The molecule has 0 saturated heterocycles. The van der Waals surface area contributed by atoms with Crippen LogP contribution >= 0.6 is 0 Å². The predicted molar refractivity (Wildman–Crippen MR) is 66.3 cm³/mol. The topological polar surface area (TPSA) is 17.4 Å². The molecule has 0 radical (unpaired) electrons. The minimum atomic E-state index is 0.656. The molecular weight excluding hydrogens is 200 g/mol. The van der Waals surface area contributed by atoms with Gasteiger partial charge in [-0.2, -0.15) is 0 Å². The van der Waals surface area contributed by atoms with E-state index in [1.165, 1.54) is 16.5 Å². The van der Waals surface area contributed by atoms with Crippen molar-refractivity contribution in [2.45, 2.75) is 6.54 Å². The van der Waals surface area contributed by atoms with Crippen molar-refractivity contribution in [3.05, 3.63) is 36.0 Å². The molecule has 0 aliphatic rings. The molecular formula is C13H18N2O. The molecule has 1 aromatic heterocycles. The Morgan fingerprint density at radius 2 is 2.06 bits per heavy atom. The normalized spacial score (nSPS) is 11.5. The standard InChI is InChI=1S/C13H18N2O/c1-14(10-16-3)8-11-9-15(2)13-7-5-4-6-12(11)13/h4-7,9H,8,10H2,1-3H3. The van der Waals surface area contributed by atoms with E-state index in [4.69, 9.17) is 4.74 Å². The summed E-state index contributed by atoms with van der Waals surface area (Å²) in [5.41, 5.74) is 2.63. The zero-order valence-electron chi connectivity index (χ0n) is 10.1. The summed E-state index contributed by atoms with van der Waals surface area (Å²) in [7, 11) is 5.87. The average molecular weight is 218 g/mol. The highest BCUT2D eigenvalue weighted by molar-refractivity contribution is 5.83. The first kappa shape index (κ1) is 11.2. The molecule has 2 aromatic rings. The van der Waals surface area contributed by atoms with Crippen LogP contribution in [-0.2, 0) is 18.3 Å². The zero-order chi connectivity index (χ0) is 11.5. The second kappa shape index (κ2) is 4.68. The van der Waals surface area contributed by atoms with Crippen molar-refractivity contribution in [3.8, 4) is 0 Å². The van der Waals surface area contributed by atoms with Gasteiger partial charge in [0.05, 0.1) is 6.73 Å². The number of ether oxygens (including phenoxy) is 1. The lowest BCUT2D eigenvalue weighted by Crippen LogP contribution is -2.19. The monoisotopic (exact) mass is 218 g/mol.